The molecule has 0 radical (unpaired) electrons. The maximum Gasteiger partial charge on any atom is 0.255 e. The number of carbonyl (C=O) groups excluding carboxylic acids is 1. The van der Waals surface area contributed by atoms with Gasteiger partial charge in [-0.05, 0) is 30.5 Å². The van der Waals surface area contributed by atoms with Gasteiger partial charge in [0.2, 0.25) is 0 Å². The number of hydrogen-bond donors (Lipinski definition) is 2. The quantitative estimate of drug-likeness (QED) is 0.787. The zero-order valence-corrected chi connectivity index (χ0v) is 12.7. The minimum atomic E-state index is -0.239. The molecule has 0 aliphatic rings. The zero-order valence-electron chi connectivity index (χ0n) is 9.54. The maximum atomic E-state index is 11.8. The molecule has 1 aromatic carbocycles. The van der Waals surface area contributed by atoms with Gasteiger partial charge < -0.3 is 10.4 Å². The van der Waals surface area contributed by atoms with Crippen LogP contribution in [0.15, 0.2) is 22.7 Å². The molecule has 1 unspecified atom stereocenters. The zero-order chi connectivity index (χ0) is 12.8. The molecule has 0 aliphatic carbocycles. The Morgan fingerprint density at radius 1 is 1.53 bits per heavy atom. The number of amides is 1. The number of aromatic hydroxyl groups is 1. The summed E-state index contributed by atoms with van der Waals surface area (Å²) in [5.74, 6) is 0.164. The Morgan fingerprint density at radius 2 is 2.24 bits per heavy atom. The van der Waals surface area contributed by atoms with Gasteiger partial charge in [0.05, 0.1) is 5.56 Å². The van der Waals surface area contributed by atoms with Crippen molar-refractivity contribution in [2.24, 2.45) is 5.92 Å². The lowest BCUT2D eigenvalue weighted by Crippen LogP contribution is -2.28. The second-order valence-electron chi connectivity index (χ2n) is 3.95. The van der Waals surface area contributed by atoms with Gasteiger partial charge in [-0.25, -0.2) is 0 Å². The van der Waals surface area contributed by atoms with Crippen LogP contribution in [0.3, 0.4) is 0 Å². The van der Waals surface area contributed by atoms with E-state index in [-0.39, 0.29) is 11.7 Å². The number of alkyl halides is 1. The molecular weight excluding hydrogens is 350 g/mol. The van der Waals surface area contributed by atoms with E-state index >= 15 is 0 Å². The molecule has 1 amide bonds. The molecule has 0 saturated carbocycles. The first-order valence-electron chi connectivity index (χ1n) is 5.37. The predicted molar refractivity (Wildman–Crippen MR) is 75.7 cm³/mol. The second kappa shape index (κ2) is 7.01. The summed E-state index contributed by atoms with van der Waals surface area (Å²) >= 11 is 6.59. The largest absolute Gasteiger partial charge is 0.507 e. The maximum absolute atomic E-state index is 11.8. The van der Waals surface area contributed by atoms with Gasteiger partial charge in [-0.2, -0.15) is 0 Å². The highest BCUT2D eigenvalue weighted by atomic mass is 79.9. The lowest BCUT2D eigenvalue weighted by molar-refractivity contribution is 0.0945. The summed E-state index contributed by atoms with van der Waals surface area (Å²) in [6.45, 7) is 2.68. The number of phenols is 1. The van der Waals surface area contributed by atoms with Crippen LogP contribution in [-0.2, 0) is 0 Å². The number of halogens is 2. The van der Waals surface area contributed by atoms with Crippen molar-refractivity contribution in [2.75, 3.05) is 11.9 Å². The molecule has 1 rings (SSSR count). The van der Waals surface area contributed by atoms with Crippen LogP contribution < -0.4 is 5.32 Å². The Hall–Kier alpha value is -0.550. The van der Waals surface area contributed by atoms with Gasteiger partial charge in [-0.15, -0.1) is 0 Å². The van der Waals surface area contributed by atoms with E-state index in [1.54, 1.807) is 12.1 Å². The van der Waals surface area contributed by atoms with Gasteiger partial charge in [-0.3, -0.25) is 4.79 Å². The van der Waals surface area contributed by atoms with Gasteiger partial charge in [0.1, 0.15) is 5.75 Å². The molecule has 0 aliphatic heterocycles. The lowest BCUT2D eigenvalue weighted by atomic mass is 10.1. The van der Waals surface area contributed by atoms with Crippen molar-refractivity contribution in [2.45, 2.75) is 13.3 Å². The van der Waals surface area contributed by atoms with E-state index in [9.17, 15) is 9.90 Å². The van der Waals surface area contributed by atoms with Crippen LogP contribution in [0.5, 0.6) is 5.75 Å². The predicted octanol–water partition coefficient (Wildman–Crippen LogP) is 3.31. The SMILES string of the molecule is CC(CCBr)CNC(=O)c1ccc(Br)cc1O. The Morgan fingerprint density at radius 3 is 2.82 bits per heavy atom. The molecule has 0 spiro atoms. The molecule has 0 aromatic heterocycles. The third kappa shape index (κ3) is 4.68. The van der Waals surface area contributed by atoms with Crippen molar-refractivity contribution in [1.82, 2.24) is 5.32 Å². The molecule has 3 nitrogen and oxygen atoms in total. The van der Waals surface area contributed by atoms with Crippen LogP contribution in [0.1, 0.15) is 23.7 Å². The topological polar surface area (TPSA) is 49.3 Å². The lowest BCUT2D eigenvalue weighted by Gasteiger charge is -2.11. The highest BCUT2D eigenvalue weighted by Crippen LogP contribution is 2.22. The van der Waals surface area contributed by atoms with Crippen molar-refractivity contribution in [3.8, 4) is 5.75 Å². The van der Waals surface area contributed by atoms with E-state index in [2.05, 4.69) is 44.1 Å². The van der Waals surface area contributed by atoms with Gasteiger partial charge >= 0.3 is 0 Å². The van der Waals surface area contributed by atoms with Crippen LogP contribution in [-0.4, -0.2) is 22.9 Å². The normalized spacial score (nSPS) is 12.2. The summed E-state index contributed by atoms with van der Waals surface area (Å²) in [5.41, 5.74) is 0.305. The second-order valence-corrected chi connectivity index (χ2v) is 5.66. The fraction of sp³-hybridized carbons (Fsp3) is 0.417. The number of carbonyl (C=O) groups is 1. The first-order valence-corrected chi connectivity index (χ1v) is 7.28. The van der Waals surface area contributed by atoms with Crippen molar-refractivity contribution in [3.63, 3.8) is 0 Å². The molecule has 0 fully saturated rings. The van der Waals surface area contributed by atoms with Crippen LogP contribution in [0, 0.1) is 5.92 Å². The summed E-state index contributed by atoms with van der Waals surface area (Å²) in [6.07, 6.45) is 1.01. The van der Waals surface area contributed by atoms with Gasteiger partial charge in [0.15, 0.2) is 0 Å². The van der Waals surface area contributed by atoms with Crippen LogP contribution in [0.2, 0.25) is 0 Å². The van der Waals surface area contributed by atoms with E-state index in [1.807, 2.05) is 0 Å². The summed E-state index contributed by atoms with van der Waals surface area (Å²) in [6, 6.07) is 4.84. The van der Waals surface area contributed by atoms with Crippen molar-refractivity contribution in [1.29, 1.82) is 0 Å². The summed E-state index contributed by atoms with van der Waals surface area (Å²) in [7, 11) is 0. The highest BCUT2D eigenvalue weighted by molar-refractivity contribution is 9.10. The first kappa shape index (κ1) is 14.5. The molecular formula is C12H15Br2NO2. The van der Waals surface area contributed by atoms with Gasteiger partial charge in [-0.1, -0.05) is 38.8 Å². The third-order valence-electron chi connectivity index (χ3n) is 2.42. The average Bonchev–Trinajstić information content (AvgIpc) is 2.26. The minimum absolute atomic E-state index is 0.00924. The summed E-state index contributed by atoms with van der Waals surface area (Å²) < 4.78 is 0.749. The average molecular weight is 365 g/mol. The number of nitrogens with one attached hydrogen (secondary N) is 1. The summed E-state index contributed by atoms with van der Waals surface area (Å²) in [4.78, 5) is 11.8. The van der Waals surface area contributed by atoms with E-state index in [1.165, 1.54) is 6.07 Å². The van der Waals surface area contributed by atoms with Crippen LogP contribution in [0.25, 0.3) is 0 Å². The first-order chi connectivity index (χ1) is 8.04. The van der Waals surface area contributed by atoms with E-state index in [0.29, 0.717) is 18.0 Å². The molecule has 2 N–H and O–H groups in total. The number of phenolic OH excluding ortho intramolecular Hbond substituents is 1. The molecule has 94 valence electrons. The van der Waals surface area contributed by atoms with E-state index in [0.717, 1.165) is 16.2 Å². The molecule has 0 heterocycles. The Balaban J connectivity index is 2.58. The van der Waals surface area contributed by atoms with Crippen molar-refractivity contribution >= 4 is 37.8 Å². The van der Waals surface area contributed by atoms with Crippen LogP contribution in [0.4, 0.5) is 0 Å². The molecule has 1 aromatic rings. The monoisotopic (exact) mass is 363 g/mol. The Kier molecular flexibility index (Phi) is 5.98. The van der Waals surface area contributed by atoms with Crippen LogP contribution >= 0.6 is 31.9 Å². The smallest absolute Gasteiger partial charge is 0.255 e. The Labute approximate surface area is 118 Å². The molecule has 1 atom stereocenters. The van der Waals surface area contributed by atoms with Crippen molar-refractivity contribution < 1.29 is 9.90 Å². The van der Waals surface area contributed by atoms with Gasteiger partial charge in [0, 0.05) is 16.3 Å². The third-order valence-corrected chi connectivity index (χ3v) is 3.37. The number of rotatable bonds is 5. The van der Waals surface area contributed by atoms with Gasteiger partial charge in [0.25, 0.3) is 5.91 Å². The highest BCUT2D eigenvalue weighted by Gasteiger charge is 2.11. The van der Waals surface area contributed by atoms with E-state index in [4.69, 9.17) is 0 Å². The minimum Gasteiger partial charge on any atom is -0.507 e. The van der Waals surface area contributed by atoms with Crippen molar-refractivity contribution in [3.05, 3.63) is 28.2 Å². The number of benzene rings is 1. The molecule has 0 saturated heterocycles. The Bertz CT molecular complexity index is 396. The standard InChI is InChI=1S/C12H15Br2NO2/c1-8(4-5-13)7-15-12(17)10-3-2-9(14)6-11(10)16/h2-3,6,8,16H,4-5,7H2,1H3,(H,15,17). The fourth-order valence-electron chi connectivity index (χ4n) is 1.35. The van der Waals surface area contributed by atoms with E-state index < -0.39 is 0 Å². The molecule has 17 heavy (non-hydrogen) atoms. The molecule has 5 heteroatoms. The summed E-state index contributed by atoms with van der Waals surface area (Å²) in [5, 5.41) is 13.4. The fourth-order valence-corrected chi connectivity index (χ4v) is 2.48. The molecule has 0 bridgehead atoms. The number of hydrogen-bond acceptors (Lipinski definition) is 2.